The monoisotopic (exact) mass is 491 g/mol. The number of hydrogen-bond donors (Lipinski definition) is 1. The summed E-state index contributed by atoms with van der Waals surface area (Å²) in [6.07, 6.45) is 1.12. The highest BCUT2D eigenvalue weighted by Crippen LogP contribution is 2.29. The number of carbonyl (C=O) groups is 1. The van der Waals surface area contributed by atoms with Crippen LogP contribution < -0.4 is 14.8 Å². The Morgan fingerprint density at radius 2 is 1.83 bits per heavy atom. The number of ether oxygens (including phenoxy) is 4. The van der Waals surface area contributed by atoms with E-state index in [-0.39, 0.29) is 24.6 Å². The average Bonchev–Trinajstić information content (AvgIpc) is 3.36. The Bertz CT molecular complexity index is 768. The molecule has 1 aromatic rings. The minimum atomic E-state index is -0.0201. The summed E-state index contributed by atoms with van der Waals surface area (Å²) >= 11 is 0. The van der Waals surface area contributed by atoms with Crippen LogP contribution in [0.4, 0.5) is 0 Å². The first-order valence-corrected chi connectivity index (χ1v) is 13.2. The molecule has 2 heterocycles. The lowest BCUT2D eigenvalue weighted by molar-refractivity contribution is -0.137. The maximum Gasteiger partial charge on any atom is 0.260 e. The number of nitrogens with zero attached hydrogens (tertiary/aromatic N) is 2. The zero-order valence-corrected chi connectivity index (χ0v) is 22.3. The standard InChI is InChI=1S/C27H45N3O5/c1-6-34-26-15-22(7-8-25(26)35-19-27(31)30(20(2)3)21(4)5)16-28-17-24(23-9-12-33-18-23)29-10-13-32-14-11-29/h7-8,15,20-21,23-24,28H,6,9-14,16-19H2,1-5H3. The maximum absolute atomic E-state index is 12.7. The van der Waals surface area contributed by atoms with Gasteiger partial charge in [0.05, 0.1) is 26.4 Å². The number of amides is 1. The van der Waals surface area contributed by atoms with Crippen molar-refractivity contribution in [1.82, 2.24) is 15.1 Å². The van der Waals surface area contributed by atoms with Crippen LogP contribution in [-0.4, -0.2) is 93.1 Å². The Morgan fingerprint density at radius 3 is 2.46 bits per heavy atom. The van der Waals surface area contributed by atoms with Crippen molar-refractivity contribution >= 4 is 5.91 Å². The lowest BCUT2D eigenvalue weighted by atomic mass is 9.96. The van der Waals surface area contributed by atoms with Gasteiger partial charge >= 0.3 is 0 Å². The number of nitrogens with one attached hydrogen (secondary N) is 1. The minimum Gasteiger partial charge on any atom is -0.490 e. The molecule has 8 nitrogen and oxygen atoms in total. The van der Waals surface area contributed by atoms with Crippen molar-refractivity contribution in [3.05, 3.63) is 23.8 Å². The van der Waals surface area contributed by atoms with Crippen molar-refractivity contribution in [1.29, 1.82) is 0 Å². The predicted octanol–water partition coefficient (Wildman–Crippen LogP) is 2.94. The van der Waals surface area contributed by atoms with E-state index in [1.807, 2.05) is 57.7 Å². The molecule has 3 rings (SSSR count). The molecule has 2 aliphatic heterocycles. The van der Waals surface area contributed by atoms with Gasteiger partial charge < -0.3 is 29.2 Å². The Balaban J connectivity index is 1.58. The van der Waals surface area contributed by atoms with Crippen molar-refractivity contribution in [3.8, 4) is 11.5 Å². The molecule has 1 aromatic carbocycles. The number of benzene rings is 1. The first-order valence-electron chi connectivity index (χ1n) is 13.2. The fourth-order valence-electron chi connectivity index (χ4n) is 5.16. The predicted molar refractivity (Wildman–Crippen MR) is 137 cm³/mol. The van der Waals surface area contributed by atoms with Crippen LogP contribution in [0, 0.1) is 5.92 Å². The third-order valence-electron chi connectivity index (χ3n) is 6.77. The van der Waals surface area contributed by atoms with E-state index in [2.05, 4.69) is 10.2 Å². The highest BCUT2D eigenvalue weighted by Gasteiger charge is 2.31. The summed E-state index contributed by atoms with van der Waals surface area (Å²) < 4.78 is 23.0. The van der Waals surface area contributed by atoms with Crippen molar-refractivity contribution < 1.29 is 23.7 Å². The molecular formula is C27H45N3O5. The lowest BCUT2D eigenvalue weighted by Gasteiger charge is -2.37. The Labute approximate surface area is 211 Å². The largest absolute Gasteiger partial charge is 0.490 e. The first-order chi connectivity index (χ1) is 16.9. The van der Waals surface area contributed by atoms with Crippen molar-refractivity contribution in [3.63, 3.8) is 0 Å². The van der Waals surface area contributed by atoms with Gasteiger partial charge in [0, 0.05) is 56.8 Å². The quantitative estimate of drug-likeness (QED) is 0.455. The summed E-state index contributed by atoms with van der Waals surface area (Å²) in [5.41, 5.74) is 1.13. The zero-order chi connectivity index (χ0) is 25.2. The molecule has 35 heavy (non-hydrogen) atoms. The summed E-state index contributed by atoms with van der Waals surface area (Å²) in [4.78, 5) is 17.1. The highest BCUT2D eigenvalue weighted by atomic mass is 16.5. The van der Waals surface area contributed by atoms with Gasteiger partial charge in [-0.1, -0.05) is 6.07 Å². The molecule has 0 spiro atoms. The average molecular weight is 492 g/mol. The van der Waals surface area contributed by atoms with Gasteiger partial charge in [-0.3, -0.25) is 9.69 Å². The zero-order valence-electron chi connectivity index (χ0n) is 22.3. The highest BCUT2D eigenvalue weighted by molar-refractivity contribution is 5.78. The van der Waals surface area contributed by atoms with Crippen molar-refractivity contribution in [2.75, 3.05) is 59.3 Å². The van der Waals surface area contributed by atoms with Crippen LogP contribution in [0.5, 0.6) is 11.5 Å². The molecule has 198 valence electrons. The van der Waals surface area contributed by atoms with Crippen LogP contribution in [0.2, 0.25) is 0 Å². The van der Waals surface area contributed by atoms with E-state index in [4.69, 9.17) is 18.9 Å². The van der Waals surface area contributed by atoms with Gasteiger partial charge in [-0.25, -0.2) is 0 Å². The van der Waals surface area contributed by atoms with Crippen molar-refractivity contribution in [2.24, 2.45) is 5.92 Å². The van der Waals surface area contributed by atoms with E-state index < -0.39 is 0 Å². The number of rotatable bonds is 13. The molecule has 2 aliphatic rings. The molecule has 1 N–H and O–H groups in total. The van der Waals surface area contributed by atoms with Crippen LogP contribution in [0.1, 0.15) is 46.6 Å². The molecular weight excluding hydrogens is 446 g/mol. The smallest absolute Gasteiger partial charge is 0.260 e. The number of morpholine rings is 1. The number of hydrogen-bond acceptors (Lipinski definition) is 7. The van der Waals surface area contributed by atoms with E-state index >= 15 is 0 Å². The summed E-state index contributed by atoms with van der Waals surface area (Å²) in [6, 6.07) is 6.67. The number of carbonyl (C=O) groups excluding carboxylic acids is 1. The molecule has 0 saturated carbocycles. The molecule has 1 amide bonds. The van der Waals surface area contributed by atoms with Crippen LogP contribution in [0.3, 0.4) is 0 Å². The summed E-state index contributed by atoms with van der Waals surface area (Å²) in [6.45, 7) is 17.5. The van der Waals surface area contributed by atoms with Crippen LogP contribution in [0.25, 0.3) is 0 Å². The van der Waals surface area contributed by atoms with Gasteiger partial charge in [-0.2, -0.15) is 0 Å². The third kappa shape index (κ3) is 8.07. The van der Waals surface area contributed by atoms with E-state index in [1.165, 1.54) is 0 Å². The molecule has 0 aromatic heterocycles. The second kappa shape index (κ2) is 14.0. The van der Waals surface area contributed by atoms with E-state index in [0.717, 1.165) is 64.6 Å². The Kier molecular flexibility index (Phi) is 11.1. The van der Waals surface area contributed by atoms with Gasteiger partial charge in [-0.15, -0.1) is 0 Å². The van der Waals surface area contributed by atoms with Crippen LogP contribution >= 0.6 is 0 Å². The molecule has 8 heteroatoms. The fourth-order valence-corrected chi connectivity index (χ4v) is 5.16. The maximum atomic E-state index is 12.7. The molecule has 0 aliphatic carbocycles. The van der Waals surface area contributed by atoms with E-state index in [0.29, 0.717) is 30.1 Å². The lowest BCUT2D eigenvalue weighted by Crippen LogP contribution is -2.51. The second-order valence-corrected chi connectivity index (χ2v) is 9.96. The molecule has 2 atom stereocenters. The van der Waals surface area contributed by atoms with Crippen LogP contribution in [-0.2, 0) is 20.8 Å². The van der Waals surface area contributed by atoms with Crippen molar-refractivity contribution in [2.45, 2.75) is 65.7 Å². The molecule has 2 saturated heterocycles. The topological polar surface area (TPSA) is 72.5 Å². The normalized spacial score (nSPS) is 19.8. The van der Waals surface area contributed by atoms with E-state index in [9.17, 15) is 4.79 Å². The molecule has 0 bridgehead atoms. The summed E-state index contributed by atoms with van der Waals surface area (Å²) in [5, 5.41) is 3.66. The molecule has 2 unspecified atom stereocenters. The van der Waals surface area contributed by atoms with Gasteiger partial charge in [-0.05, 0) is 58.7 Å². The fraction of sp³-hybridized carbons (Fsp3) is 0.741. The van der Waals surface area contributed by atoms with Crippen LogP contribution in [0.15, 0.2) is 18.2 Å². The first kappa shape index (κ1) is 27.7. The Morgan fingerprint density at radius 1 is 1.09 bits per heavy atom. The molecule has 0 radical (unpaired) electrons. The van der Waals surface area contributed by atoms with Gasteiger partial charge in [0.15, 0.2) is 18.1 Å². The second-order valence-electron chi connectivity index (χ2n) is 9.96. The van der Waals surface area contributed by atoms with Gasteiger partial charge in [0.25, 0.3) is 5.91 Å². The summed E-state index contributed by atoms with van der Waals surface area (Å²) in [5.74, 6) is 1.82. The Hall–Kier alpha value is -1.87. The minimum absolute atomic E-state index is 0.00127. The molecule has 2 fully saturated rings. The SMILES string of the molecule is CCOc1cc(CNCC(C2CCOC2)N2CCOCC2)ccc1OCC(=O)N(C(C)C)C(C)C. The third-order valence-corrected chi connectivity index (χ3v) is 6.77. The summed E-state index contributed by atoms with van der Waals surface area (Å²) in [7, 11) is 0. The van der Waals surface area contributed by atoms with Gasteiger partial charge in [0.1, 0.15) is 0 Å². The van der Waals surface area contributed by atoms with Gasteiger partial charge in [0.2, 0.25) is 0 Å². The van der Waals surface area contributed by atoms with E-state index in [1.54, 1.807) is 0 Å².